The third kappa shape index (κ3) is 5.19. The summed E-state index contributed by atoms with van der Waals surface area (Å²) in [6, 6.07) is 15.8. The molecule has 1 aromatic heterocycles. The van der Waals surface area contributed by atoms with E-state index in [0.717, 1.165) is 5.56 Å². The highest BCUT2D eigenvalue weighted by molar-refractivity contribution is 7.89. The van der Waals surface area contributed by atoms with E-state index in [9.17, 15) is 13.2 Å². The van der Waals surface area contributed by atoms with Crippen LogP contribution in [0.1, 0.15) is 21.7 Å². The van der Waals surface area contributed by atoms with Gasteiger partial charge in [-0.25, -0.2) is 17.9 Å². The van der Waals surface area contributed by atoms with Crippen molar-refractivity contribution >= 4 is 27.6 Å². The number of carbonyl (C=O) groups excluding carboxylic acids is 1. The molecule has 6 nitrogen and oxygen atoms in total. The minimum Gasteiger partial charge on any atom is -0.468 e. The highest BCUT2D eigenvalue weighted by Gasteiger charge is 2.16. The Morgan fingerprint density at radius 2 is 1.74 bits per heavy atom. The van der Waals surface area contributed by atoms with Gasteiger partial charge in [-0.2, -0.15) is 0 Å². The molecule has 0 amide bonds. The number of esters is 1. The standard InChI is InChI=1S/C19H16ClNO5S/c20-16-7-3-14(4-8-16)13-26-19(22)15-5-9-18(10-6-15)27(23,24)21-12-17-2-1-11-25-17/h1-11,21H,12-13H2. The summed E-state index contributed by atoms with van der Waals surface area (Å²) in [6.45, 7) is 0.140. The van der Waals surface area contributed by atoms with Gasteiger partial charge in [-0.15, -0.1) is 0 Å². The van der Waals surface area contributed by atoms with Crippen LogP contribution >= 0.6 is 11.6 Å². The summed E-state index contributed by atoms with van der Waals surface area (Å²) in [5.74, 6) is -0.0431. The molecular formula is C19H16ClNO5S. The average molecular weight is 406 g/mol. The zero-order chi connectivity index (χ0) is 19.3. The smallest absolute Gasteiger partial charge is 0.338 e. The van der Waals surface area contributed by atoms with E-state index in [1.807, 2.05) is 0 Å². The summed E-state index contributed by atoms with van der Waals surface area (Å²) >= 11 is 5.81. The first kappa shape index (κ1) is 19.2. The Bertz CT molecular complexity index is 997. The van der Waals surface area contributed by atoms with Crippen LogP contribution in [0.15, 0.2) is 76.2 Å². The molecule has 1 N–H and O–H groups in total. The highest BCUT2D eigenvalue weighted by Crippen LogP contribution is 2.14. The Balaban J connectivity index is 1.60. The van der Waals surface area contributed by atoms with E-state index in [-0.39, 0.29) is 23.6 Å². The fraction of sp³-hybridized carbons (Fsp3) is 0.105. The highest BCUT2D eigenvalue weighted by atomic mass is 35.5. The normalized spacial score (nSPS) is 11.3. The molecule has 0 aliphatic heterocycles. The van der Waals surface area contributed by atoms with E-state index in [2.05, 4.69) is 4.72 Å². The summed E-state index contributed by atoms with van der Waals surface area (Å²) in [6.07, 6.45) is 1.47. The van der Waals surface area contributed by atoms with Gasteiger partial charge in [0.15, 0.2) is 0 Å². The summed E-state index contributed by atoms with van der Waals surface area (Å²) in [4.78, 5) is 12.1. The average Bonchev–Trinajstić information content (AvgIpc) is 3.20. The molecule has 27 heavy (non-hydrogen) atoms. The van der Waals surface area contributed by atoms with Crippen molar-refractivity contribution in [1.29, 1.82) is 0 Å². The van der Waals surface area contributed by atoms with E-state index in [0.29, 0.717) is 10.8 Å². The fourth-order valence-electron chi connectivity index (χ4n) is 2.25. The Morgan fingerprint density at radius 1 is 1.04 bits per heavy atom. The number of ether oxygens (including phenoxy) is 1. The molecule has 0 saturated carbocycles. The number of hydrogen-bond acceptors (Lipinski definition) is 5. The van der Waals surface area contributed by atoms with E-state index in [1.165, 1.54) is 30.5 Å². The second-order valence-electron chi connectivity index (χ2n) is 5.63. The summed E-state index contributed by atoms with van der Waals surface area (Å²) in [5, 5.41) is 0.600. The van der Waals surface area contributed by atoms with Crippen LogP contribution in [0.25, 0.3) is 0 Å². The molecule has 0 aliphatic carbocycles. The molecule has 0 atom stereocenters. The Kier molecular flexibility index (Phi) is 5.95. The van der Waals surface area contributed by atoms with Gasteiger partial charge in [-0.3, -0.25) is 0 Å². The number of hydrogen-bond donors (Lipinski definition) is 1. The minimum atomic E-state index is -3.71. The SMILES string of the molecule is O=C(OCc1ccc(Cl)cc1)c1ccc(S(=O)(=O)NCc2ccco2)cc1. The molecule has 3 rings (SSSR count). The van der Waals surface area contributed by atoms with Crippen molar-refractivity contribution in [3.8, 4) is 0 Å². The lowest BCUT2D eigenvalue weighted by Gasteiger charge is -2.08. The van der Waals surface area contributed by atoms with Gasteiger partial charge in [0.1, 0.15) is 12.4 Å². The lowest BCUT2D eigenvalue weighted by Crippen LogP contribution is -2.23. The van der Waals surface area contributed by atoms with E-state index in [1.54, 1.807) is 36.4 Å². The van der Waals surface area contributed by atoms with E-state index in [4.69, 9.17) is 20.8 Å². The number of sulfonamides is 1. The lowest BCUT2D eigenvalue weighted by molar-refractivity contribution is 0.0472. The summed E-state index contributed by atoms with van der Waals surface area (Å²) < 4.78 is 37.3. The van der Waals surface area contributed by atoms with Crippen molar-refractivity contribution in [3.05, 3.63) is 88.8 Å². The van der Waals surface area contributed by atoms with Crippen molar-refractivity contribution in [3.63, 3.8) is 0 Å². The van der Waals surface area contributed by atoms with Gasteiger partial charge in [0.2, 0.25) is 10.0 Å². The molecule has 0 unspecified atom stereocenters. The molecule has 0 spiro atoms. The largest absolute Gasteiger partial charge is 0.468 e. The predicted octanol–water partition coefficient (Wildman–Crippen LogP) is 3.77. The lowest BCUT2D eigenvalue weighted by atomic mass is 10.2. The molecule has 3 aromatic rings. The van der Waals surface area contributed by atoms with E-state index >= 15 is 0 Å². The third-order valence-electron chi connectivity index (χ3n) is 3.70. The Morgan fingerprint density at radius 3 is 2.37 bits per heavy atom. The molecule has 0 fully saturated rings. The van der Waals surface area contributed by atoms with Gasteiger partial charge in [0.25, 0.3) is 0 Å². The number of halogens is 1. The molecular weight excluding hydrogens is 390 g/mol. The summed E-state index contributed by atoms with van der Waals surface area (Å²) in [7, 11) is -3.71. The van der Waals surface area contributed by atoms with Crippen LogP contribution in [0.4, 0.5) is 0 Å². The predicted molar refractivity (Wildman–Crippen MR) is 99.7 cm³/mol. The Hall–Kier alpha value is -2.61. The van der Waals surface area contributed by atoms with Crippen LogP contribution in [0.5, 0.6) is 0 Å². The molecule has 0 saturated heterocycles. The monoisotopic (exact) mass is 405 g/mol. The van der Waals surface area contributed by atoms with Gasteiger partial charge in [0, 0.05) is 5.02 Å². The topological polar surface area (TPSA) is 85.6 Å². The Labute approximate surface area is 161 Å². The first-order valence-electron chi connectivity index (χ1n) is 7.98. The second kappa shape index (κ2) is 8.39. The van der Waals surface area contributed by atoms with Crippen molar-refractivity contribution in [2.75, 3.05) is 0 Å². The van der Waals surface area contributed by atoms with E-state index < -0.39 is 16.0 Å². The van der Waals surface area contributed by atoms with Crippen molar-refractivity contribution in [2.24, 2.45) is 0 Å². The van der Waals surface area contributed by atoms with Gasteiger partial charge in [-0.05, 0) is 54.1 Å². The molecule has 8 heteroatoms. The summed E-state index contributed by atoms with van der Waals surface area (Å²) in [5.41, 5.74) is 1.06. The maximum Gasteiger partial charge on any atom is 0.338 e. The van der Waals surface area contributed by atoms with Crippen LogP contribution in [0, 0.1) is 0 Å². The quantitative estimate of drug-likeness (QED) is 0.605. The van der Waals surface area contributed by atoms with Gasteiger partial charge >= 0.3 is 5.97 Å². The van der Waals surface area contributed by atoms with Crippen molar-refractivity contribution < 1.29 is 22.4 Å². The van der Waals surface area contributed by atoms with Crippen LogP contribution in [-0.2, 0) is 27.9 Å². The number of benzene rings is 2. The van der Waals surface area contributed by atoms with Crippen molar-refractivity contribution in [2.45, 2.75) is 18.0 Å². The fourth-order valence-corrected chi connectivity index (χ4v) is 3.36. The molecule has 0 aliphatic rings. The number of nitrogens with one attached hydrogen (secondary N) is 1. The van der Waals surface area contributed by atoms with Crippen LogP contribution in [0.3, 0.4) is 0 Å². The van der Waals surface area contributed by atoms with Gasteiger partial charge in [-0.1, -0.05) is 23.7 Å². The molecule has 2 aromatic carbocycles. The molecule has 1 heterocycles. The van der Waals surface area contributed by atoms with Crippen LogP contribution < -0.4 is 4.72 Å². The van der Waals surface area contributed by atoms with Crippen molar-refractivity contribution in [1.82, 2.24) is 4.72 Å². The maximum absolute atomic E-state index is 12.3. The number of carbonyl (C=O) groups is 1. The van der Waals surface area contributed by atoms with Gasteiger partial charge < -0.3 is 9.15 Å². The van der Waals surface area contributed by atoms with Crippen LogP contribution in [-0.4, -0.2) is 14.4 Å². The van der Waals surface area contributed by atoms with Gasteiger partial charge in [0.05, 0.1) is 23.3 Å². The number of furan rings is 1. The maximum atomic E-state index is 12.3. The molecule has 140 valence electrons. The zero-order valence-corrected chi connectivity index (χ0v) is 15.7. The first-order chi connectivity index (χ1) is 12.9. The zero-order valence-electron chi connectivity index (χ0n) is 14.1. The molecule has 0 radical (unpaired) electrons. The third-order valence-corrected chi connectivity index (χ3v) is 5.37. The first-order valence-corrected chi connectivity index (χ1v) is 9.84. The second-order valence-corrected chi connectivity index (χ2v) is 7.83. The minimum absolute atomic E-state index is 0.0419. The van der Waals surface area contributed by atoms with Crippen LogP contribution in [0.2, 0.25) is 5.02 Å². The number of rotatable bonds is 7. The molecule has 0 bridgehead atoms.